The van der Waals surface area contributed by atoms with Gasteiger partial charge in [0.1, 0.15) is 0 Å². The van der Waals surface area contributed by atoms with Gasteiger partial charge < -0.3 is 4.57 Å². The zero-order valence-corrected chi connectivity index (χ0v) is 14.9. The van der Waals surface area contributed by atoms with Crippen LogP contribution in [-0.2, 0) is 11.3 Å². The lowest BCUT2D eigenvalue weighted by molar-refractivity contribution is 0.277. The SMILES string of the molecule is CCCCCCCCCCC(C)(C)CCn1ccc([C]=O)c1. The average Bonchev–Trinajstić information content (AvgIpc) is 2.96. The van der Waals surface area contributed by atoms with Gasteiger partial charge in [-0.1, -0.05) is 72.1 Å². The largest absolute Gasteiger partial charge is 0.353 e. The molecule has 0 aliphatic rings. The molecule has 1 aromatic heterocycles. The zero-order chi connectivity index (χ0) is 16.3. The molecular weight excluding hydrogens is 270 g/mol. The summed E-state index contributed by atoms with van der Waals surface area (Å²) in [5.41, 5.74) is 1.04. The van der Waals surface area contributed by atoms with Gasteiger partial charge in [-0.25, -0.2) is 0 Å². The molecule has 1 aromatic rings. The first-order valence-corrected chi connectivity index (χ1v) is 9.11. The maximum atomic E-state index is 10.6. The van der Waals surface area contributed by atoms with E-state index in [2.05, 4.69) is 25.3 Å². The Bertz CT molecular complexity index is 406. The monoisotopic (exact) mass is 304 g/mol. The van der Waals surface area contributed by atoms with Crippen molar-refractivity contribution in [2.24, 2.45) is 5.41 Å². The lowest BCUT2D eigenvalue weighted by atomic mass is 9.83. The summed E-state index contributed by atoms with van der Waals surface area (Å²) in [6.07, 6.45) is 19.4. The van der Waals surface area contributed by atoms with Crippen LogP contribution in [0.25, 0.3) is 0 Å². The minimum Gasteiger partial charge on any atom is -0.353 e. The van der Waals surface area contributed by atoms with Crippen molar-refractivity contribution in [3.8, 4) is 0 Å². The van der Waals surface area contributed by atoms with Crippen molar-refractivity contribution in [1.82, 2.24) is 4.57 Å². The summed E-state index contributed by atoms with van der Waals surface area (Å²) < 4.78 is 2.11. The summed E-state index contributed by atoms with van der Waals surface area (Å²) in [5, 5.41) is 0. The number of hydrogen-bond donors (Lipinski definition) is 0. The van der Waals surface area contributed by atoms with Crippen molar-refractivity contribution < 1.29 is 4.79 Å². The van der Waals surface area contributed by atoms with E-state index >= 15 is 0 Å². The van der Waals surface area contributed by atoms with Gasteiger partial charge in [0.15, 0.2) is 0 Å². The molecule has 2 heteroatoms. The fourth-order valence-electron chi connectivity index (χ4n) is 2.93. The Balaban J connectivity index is 2.09. The molecule has 0 aliphatic carbocycles. The van der Waals surface area contributed by atoms with E-state index < -0.39 is 0 Å². The number of unbranched alkanes of at least 4 members (excludes halogenated alkanes) is 7. The average molecular weight is 304 g/mol. The van der Waals surface area contributed by atoms with Crippen LogP contribution in [0, 0.1) is 5.41 Å². The van der Waals surface area contributed by atoms with E-state index in [1.807, 2.05) is 24.7 Å². The molecule has 2 nitrogen and oxygen atoms in total. The lowest BCUT2D eigenvalue weighted by Gasteiger charge is -2.24. The third kappa shape index (κ3) is 8.41. The van der Waals surface area contributed by atoms with Crippen LogP contribution in [0.15, 0.2) is 18.5 Å². The van der Waals surface area contributed by atoms with Crippen molar-refractivity contribution in [2.45, 2.75) is 91.5 Å². The first-order chi connectivity index (χ1) is 10.6. The molecule has 1 rings (SSSR count). The van der Waals surface area contributed by atoms with E-state index in [0.717, 1.165) is 13.0 Å². The number of carbonyl (C=O) groups excluding carboxylic acids is 1. The lowest BCUT2D eigenvalue weighted by Crippen LogP contribution is -2.14. The third-order valence-corrected chi connectivity index (χ3v) is 4.62. The van der Waals surface area contributed by atoms with Gasteiger partial charge in [-0.3, -0.25) is 4.79 Å². The second kappa shape index (κ2) is 10.6. The smallest absolute Gasteiger partial charge is 0.235 e. The molecular formula is C20H34NO. The minimum absolute atomic E-state index is 0.386. The fourth-order valence-corrected chi connectivity index (χ4v) is 2.93. The van der Waals surface area contributed by atoms with E-state index in [-0.39, 0.29) is 0 Å². The number of rotatable bonds is 13. The van der Waals surface area contributed by atoms with E-state index in [9.17, 15) is 4.79 Å². The summed E-state index contributed by atoms with van der Waals surface area (Å²) in [6, 6.07) is 1.83. The Labute approximate surface area is 137 Å². The van der Waals surface area contributed by atoms with Crippen molar-refractivity contribution in [3.05, 3.63) is 24.0 Å². The molecule has 125 valence electrons. The molecule has 0 atom stereocenters. The predicted molar refractivity (Wildman–Crippen MR) is 94.9 cm³/mol. The van der Waals surface area contributed by atoms with Gasteiger partial charge in [-0.2, -0.15) is 0 Å². The molecule has 1 radical (unpaired) electrons. The molecule has 0 amide bonds. The second-order valence-corrected chi connectivity index (χ2v) is 7.38. The molecule has 0 bridgehead atoms. The van der Waals surface area contributed by atoms with Gasteiger partial charge in [0.05, 0.1) is 0 Å². The van der Waals surface area contributed by atoms with Crippen LogP contribution in [0.5, 0.6) is 0 Å². The normalized spacial score (nSPS) is 11.8. The van der Waals surface area contributed by atoms with Gasteiger partial charge in [0.2, 0.25) is 6.29 Å². The zero-order valence-electron chi connectivity index (χ0n) is 14.9. The first kappa shape index (κ1) is 19.0. The Morgan fingerprint density at radius 3 is 2.23 bits per heavy atom. The van der Waals surface area contributed by atoms with Crippen LogP contribution in [0.2, 0.25) is 0 Å². The van der Waals surface area contributed by atoms with Gasteiger partial charge in [-0.05, 0) is 24.3 Å². The Morgan fingerprint density at radius 2 is 1.64 bits per heavy atom. The molecule has 0 spiro atoms. The van der Waals surface area contributed by atoms with Crippen LogP contribution in [0.1, 0.15) is 90.5 Å². The van der Waals surface area contributed by atoms with Crippen LogP contribution in [0.3, 0.4) is 0 Å². The van der Waals surface area contributed by atoms with Crippen molar-refractivity contribution in [3.63, 3.8) is 0 Å². The maximum absolute atomic E-state index is 10.6. The van der Waals surface area contributed by atoms with E-state index in [1.165, 1.54) is 57.8 Å². The molecule has 0 aliphatic heterocycles. The third-order valence-electron chi connectivity index (χ3n) is 4.62. The fraction of sp³-hybridized carbons (Fsp3) is 0.750. The number of nitrogens with zero attached hydrogens (tertiary/aromatic N) is 1. The minimum atomic E-state index is 0.386. The van der Waals surface area contributed by atoms with Crippen molar-refractivity contribution >= 4 is 6.29 Å². The molecule has 0 fully saturated rings. The number of hydrogen-bond acceptors (Lipinski definition) is 1. The molecule has 0 saturated heterocycles. The molecule has 1 heterocycles. The van der Waals surface area contributed by atoms with Gasteiger partial charge in [0.25, 0.3) is 0 Å². The topological polar surface area (TPSA) is 22.0 Å². The van der Waals surface area contributed by atoms with Gasteiger partial charge >= 0.3 is 0 Å². The molecule has 0 unspecified atom stereocenters. The van der Waals surface area contributed by atoms with Gasteiger partial charge in [-0.15, -0.1) is 0 Å². The summed E-state index contributed by atoms with van der Waals surface area (Å²) in [5.74, 6) is 0. The van der Waals surface area contributed by atoms with Crippen molar-refractivity contribution in [2.75, 3.05) is 0 Å². The summed E-state index contributed by atoms with van der Waals surface area (Å²) in [7, 11) is 0. The van der Waals surface area contributed by atoms with Crippen LogP contribution >= 0.6 is 0 Å². The summed E-state index contributed by atoms with van der Waals surface area (Å²) >= 11 is 0. The predicted octanol–water partition coefficient (Wildman–Crippen LogP) is 5.89. The Hall–Kier alpha value is -1.05. The van der Waals surface area contributed by atoms with Crippen LogP contribution in [0.4, 0.5) is 0 Å². The van der Waals surface area contributed by atoms with E-state index in [1.54, 1.807) is 0 Å². The second-order valence-electron chi connectivity index (χ2n) is 7.38. The summed E-state index contributed by atoms with van der Waals surface area (Å²) in [6.45, 7) is 7.99. The van der Waals surface area contributed by atoms with Gasteiger partial charge in [0, 0.05) is 24.5 Å². The van der Waals surface area contributed by atoms with E-state index in [0.29, 0.717) is 11.0 Å². The molecule has 0 N–H and O–H groups in total. The molecule has 22 heavy (non-hydrogen) atoms. The Kier molecular flexibility index (Phi) is 9.19. The first-order valence-electron chi connectivity index (χ1n) is 9.11. The van der Waals surface area contributed by atoms with E-state index in [4.69, 9.17) is 0 Å². The number of aromatic nitrogens is 1. The highest BCUT2D eigenvalue weighted by molar-refractivity contribution is 5.74. The van der Waals surface area contributed by atoms with Crippen LogP contribution < -0.4 is 0 Å². The number of aryl methyl sites for hydroxylation is 1. The molecule has 0 aromatic carbocycles. The standard InChI is InChI=1S/C20H34NO/c1-4-5-6-7-8-9-10-11-13-20(2,3)14-16-21-15-12-19(17-21)18-22/h12,15,17H,4-11,13-14,16H2,1-3H3. The summed E-state index contributed by atoms with van der Waals surface area (Å²) in [4.78, 5) is 10.6. The van der Waals surface area contributed by atoms with Crippen molar-refractivity contribution in [1.29, 1.82) is 0 Å². The van der Waals surface area contributed by atoms with Crippen LogP contribution in [-0.4, -0.2) is 10.9 Å². The maximum Gasteiger partial charge on any atom is 0.235 e. The molecule has 0 saturated carbocycles. The highest BCUT2D eigenvalue weighted by Crippen LogP contribution is 2.28. The highest BCUT2D eigenvalue weighted by Gasteiger charge is 2.17. The highest BCUT2D eigenvalue weighted by atomic mass is 16.1. The Morgan fingerprint density at radius 1 is 1.00 bits per heavy atom. The quantitative estimate of drug-likeness (QED) is 0.416.